The van der Waals surface area contributed by atoms with Crippen molar-refractivity contribution >= 4 is 11.7 Å². The zero-order chi connectivity index (χ0) is 20.2. The van der Waals surface area contributed by atoms with Crippen LogP contribution >= 0.6 is 0 Å². The maximum absolute atomic E-state index is 13.7. The van der Waals surface area contributed by atoms with Crippen LogP contribution in [0, 0.1) is 29.1 Å². The summed E-state index contributed by atoms with van der Waals surface area (Å²) in [7, 11) is 0. The van der Waals surface area contributed by atoms with Crippen molar-refractivity contribution in [1.82, 2.24) is 5.32 Å². The highest BCUT2D eigenvalue weighted by Gasteiger charge is 2.64. The molecule has 2 aliphatic carbocycles. The summed E-state index contributed by atoms with van der Waals surface area (Å²) < 4.78 is 5.69. The summed E-state index contributed by atoms with van der Waals surface area (Å²) in [5, 5.41) is 3.25. The van der Waals surface area contributed by atoms with Gasteiger partial charge in [0.1, 0.15) is 11.5 Å². The first-order chi connectivity index (χ1) is 13.2. The van der Waals surface area contributed by atoms with Gasteiger partial charge in [-0.3, -0.25) is 9.59 Å². The Labute approximate surface area is 168 Å². The van der Waals surface area contributed by atoms with Gasteiger partial charge in [0.2, 0.25) is 5.91 Å². The fraction of sp³-hybridized carbons (Fsp3) is 0.667. The molecule has 0 radical (unpaired) electrons. The largest absolute Gasteiger partial charge is 0.365 e. The molecule has 0 aromatic rings. The lowest BCUT2D eigenvalue weighted by Crippen LogP contribution is -2.51. The van der Waals surface area contributed by atoms with Crippen LogP contribution in [0.25, 0.3) is 0 Å². The summed E-state index contributed by atoms with van der Waals surface area (Å²) in [6.07, 6.45) is 11.0. The van der Waals surface area contributed by atoms with Gasteiger partial charge in [-0.2, -0.15) is 0 Å². The van der Waals surface area contributed by atoms with Crippen LogP contribution in [0.2, 0.25) is 0 Å². The molecule has 0 aromatic carbocycles. The van der Waals surface area contributed by atoms with E-state index in [1.807, 2.05) is 6.08 Å². The van der Waals surface area contributed by atoms with Crippen molar-refractivity contribution in [3.63, 3.8) is 0 Å². The van der Waals surface area contributed by atoms with Crippen molar-refractivity contribution in [3.8, 4) is 0 Å². The minimum atomic E-state index is -1.04. The molecule has 1 amide bonds. The number of carbonyl (C=O) groups excluding carboxylic acids is 2. The Hall–Kier alpha value is -1.68. The molecule has 2 fully saturated rings. The van der Waals surface area contributed by atoms with Gasteiger partial charge in [0.05, 0.1) is 6.10 Å². The first-order valence-electron chi connectivity index (χ1n) is 10.8. The summed E-state index contributed by atoms with van der Waals surface area (Å²) in [5.74, 6) is 0.314. The lowest BCUT2D eigenvalue weighted by Gasteiger charge is -2.44. The second-order valence-electron chi connectivity index (χ2n) is 9.74. The number of ketones is 1. The van der Waals surface area contributed by atoms with E-state index in [-0.39, 0.29) is 47.7 Å². The second kappa shape index (κ2) is 6.98. The fourth-order valence-corrected chi connectivity index (χ4v) is 5.78. The van der Waals surface area contributed by atoms with Crippen molar-refractivity contribution in [2.75, 3.05) is 0 Å². The lowest BCUT2D eigenvalue weighted by molar-refractivity contribution is -0.142. The Morgan fingerprint density at radius 2 is 2.00 bits per heavy atom. The Bertz CT molecular complexity index is 777. The summed E-state index contributed by atoms with van der Waals surface area (Å²) in [6.45, 7) is 10.8. The molecule has 7 atom stereocenters. The van der Waals surface area contributed by atoms with Crippen LogP contribution in [-0.2, 0) is 14.3 Å². The molecule has 2 heterocycles. The third-order valence-electron chi connectivity index (χ3n) is 7.36. The van der Waals surface area contributed by atoms with E-state index in [4.69, 9.17) is 4.74 Å². The number of nitrogens with one attached hydrogen (secondary N) is 1. The summed E-state index contributed by atoms with van der Waals surface area (Å²) >= 11 is 0. The van der Waals surface area contributed by atoms with Crippen LogP contribution in [0.4, 0.5) is 0 Å². The second-order valence-corrected chi connectivity index (χ2v) is 9.74. The topological polar surface area (TPSA) is 58.7 Å². The molecule has 28 heavy (non-hydrogen) atoms. The lowest BCUT2D eigenvalue weighted by atomic mass is 9.55. The number of carbonyl (C=O) groups is 2. The molecule has 1 spiro atoms. The van der Waals surface area contributed by atoms with E-state index in [0.717, 1.165) is 19.3 Å². The minimum absolute atomic E-state index is 0.0183. The molecule has 4 heteroatoms. The number of hydrogen-bond donors (Lipinski definition) is 1. The quantitative estimate of drug-likeness (QED) is 0.446. The fourth-order valence-electron chi connectivity index (χ4n) is 5.78. The van der Waals surface area contributed by atoms with Crippen molar-refractivity contribution in [1.29, 1.82) is 0 Å². The number of ether oxygens (including phenoxy) is 1. The van der Waals surface area contributed by atoms with E-state index in [1.54, 1.807) is 6.08 Å². The monoisotopic (exact) mass is 383 g/mol. The third-order valence-corrected chi connectivity index (χ3v) is 7.36. The number of fused-ring (bicyclic) bond motifs is 1. The highest BCUT2D eigenvalue weighted by atomic mass is 16.6. The van der Waals surface area contributed by atoms with E-state index >= 15 is 0 Å². The molecule has 152 valence electrons. The number of epoxide rings is 1. The van der Waals surface area contributed by atoms with Gasteiger partial charge in [0.15, 0.2) is 5.78 Å². The number of rotatable bonds is 2. The van der Waals surface area contributed by atoms with Gasteiger partial charge in [-0.1, -0.05) is 44.1 Å². The van der Waals surface area contributed by atoms with Crippen molar-refractivity contribution in [3.05, 3.63) is 35.5 Å². The van der Waals surface area contributed by atoms with Crippen molar-refractivity contribution in [2.45, 2.75) is 72.1 Å². The van der Waals surface area contributed by atoms with Gasteiger partial charge in [-0.05, 0) is 57.1 Å². The van der Waals surface area contributed by atoms with Crippen LogP contribution in [-0.4, -0.2) is 29.9 Å². The average Bonchev–Trinajstić information content (AvgIpc) is 3.30. The maximum atomic E-state index is 13.7. The van der Waals surface area contributed by atoms with E-state index in [2.05, 4.69) is 52.1 Å². The Morgan fingerprint density at radius 1 is 1.25 bits per heavy atom. The standard InChI is InChI=1S/C24H33NO3/c1-13(2)10-18-22-16(5)15(4)12-17-11-14(3)6-7-19-20(28-19)8-9-21(26)24(17,22)23(27)25-18/h8-9,11-13,16-20,22H,6-7,10H2,1-5H3,(H,25,27)/b9-8+,14-11+/t16-,17+,18+,19-,20-,22+,24-/m1/s1. The normalized spacial score (nSPS) is 45.6. The molecule has 2 aliphatic heterocycles. The molecule has 2 saturated heterocycles. The molecular weight excluding hydrogens is 350 g/mol. The van der Waals surface area contributed by atoms with Gasteiger partial charge < -0.3 is 10.1 Å². The molecule has 4 aliphatic rings. The highest BCUT2D eigenvalue weighted by Crippen LogP contribution is 2.55. The first kappa shape index (κ1) is 19.6. The minimum Gasteiger partial charge on any atom is -0.365 e. The smallest absolute Gasteiger partial charge is 0.235 e. The van der Waals surface area contributed by atoms with Crippen molar-refractivity contribution in [2.24, 2.45) is 29.1 Å². The van der Waals surface area contributed by atoms with Crippen LogP contribution in [0.3, 0.4) is 0 Å². The predicted molar refractivity (Wildman–Crippen MR) is 110 cm³/mol. The summed E-state index contributed by atoms with van der Waals surface area (Å²) in [4.78, 5) is 27.2. The van der Waals surface area contributed by atoms with Gasteiger partial charge in [-0.15, -0.1) is 0 Å². The SMILES string of the molecule is CC1=C[C@@H]2/C=C(\C)CC[C@H]3O[C@@H]3/C=C/C(=O)[C@]23C(=O)N[C@@H](CC(C)C)[C@@H]3[C@@H]1C. The molecule has 4 rings (SSSR count). The van der Waals surface area contributed by atoms with Gasteiger partial charge in [-0.25, -0.2) is 0 Å². The van der Waals surface area contributed by atoms with E-state index in [0.29, 0.717) is 5.92 Å². The molecule has 0 saturated carbocycles. The van der Waals surface area contributed by atoms with E-state index < -0.39 is 5.41 Å². The average molecular weight is 384 g/mol. The molecule has 0 aromatic heterocycles. The maximum Gasteiger partial charge on any atom is 0.235 e. The molecule has 1 N–H and O–H groups in total. The first-order valence-corrected chi connectivity index (χ1v) is 10.8. The van der Waals surface area contributed by atoms with Crippen molar-refractivity contribution < 1.29 is 14.3 Å². The summed E-state index contributed by atoms with van der Waals surface area (Å²) in [6, 6.07) is 0.0368. The third kappa shape index (κ3) is 3.01. The zero-order valence-electron chi connectivity index (χ0n) is 17.7. The van der Waals surface area contributed by atoms with E-state index in [1.165, 1.54) is 11.1 Å². The Morgan fingerprint density at radius 3 is 2.71 bits per heavy atom. The van der Waals surface area contributed by atoms with Gasteiger partial charge in [0, 0.05) is 17.9 Å². The highest BCUT2D eigenvalue weighted by molar-refractivity contribution is 6.13. The molecule has 0 unspecified atom stereocenters. The Kier molecular flexibility index (Phi) is 4.89. The predicted octanol–water partition coefficient (Wildman–Crippen LogP) is 3.98. The zero-order valence-corrected chi connectivity index (χ0v) is 17.7. The summed E-state index contributed by atoms with van der Waals surface area (Å²) in [5.41, 5.74) is 1.49. The van der Waals surface area contributed by atoms with Crippen LogP contribution in [0.1, 0.15) is 53.9 Å². The van der Waals surface area contributed by atoms with Crippen LogP contribution in [0.5, 0.6) is 0 Å². The van der Waals surface area contributed by atoms with Gasteiger partial charge in [0.25, 0.3) is 0 Å². The number of hydrogen-bond acceptors (Lipinski definition) is 3. The van der Waals surface area contributed by atoms with Gasteiger partial charge >= 0.3 is 0 Å². The number of allylic oxidation sites excluding steroid dienone is 5. The molecular formula is C24H33NO3. The molecule has 0 bridgehead atoms. The van der Waals surface area contributed by atoms with E-state index in [9.17, 15) is 9.59 Å². The Balaban J connectivity index is 1.87. The number of amides is 1. The van der Waals surface area contributed by atoms with Crippen LogP contribution < -0.4 is 5.32 Å². The molecule has 4 nitrogen and oxygen atoms in total. The van der Waals surface area contributed by atoms with Crippen LogP contribution in [0.15, 0.2) is 35.5 Å².